The molecule has 1 aliphatic heterocycles. The third-order valence-corrected chi connectivity index (χ3v) is 4.40. The number of rotatable bonds is 7. The van der Waals surface area contributed by atoms with Crippen LogP contribution in [-0.4, -0.2) is 53.9 Å². The summed E-state index contributed by atoms with van der Waals surface area (Å²) in [6.07, 6.45) is 5.57. The van der Waals surface area contributed by atoms with Gasteiger partial charge in [-0.25, -0.2) is 9.59 Å². The molecule has 0 aromatic carbocycles. The zero-order chi connectivity index (χ0) is 14.5. The van der Waals surface area contributed by atoms with Gasteiger partial charge in [0.15, 0.2) is 0 Å². The second-order valence-electron chi connectivity index (χ2n) is 5.36. The molecule has 0 spiro atoms. The highest BCUT2D eigenvalue weighted by atomic mass is 32.2. The van der Waals surface area contributed by atoms with Crippen LogP contribution in [0.2, 0.25) is 0 Å². The van der Waals surface area contributed by atoms with Crippen LogP contribution >= 0.6 is 11.8 Å². The highest BCUT2D eigenvalue weighted by Gasteiger charge is 2.41. The van der Waals surface area contributed by atoms with Crippen LogP contribution in [0.25, 0.3) is 0 Å². The minimum Gasteiger partial charge on any atom is -0.480 e. The van der Waals surface area contributed by atoms with E-state index in [1.165, 1.54) is 0 Å². The number of urea groups is 1. The Morgan fingerprint density at radius 3 is 2.75 bits per heavy atom. The van der Waals surface area contributed by atoms with Crippen LogP contribution in [0.1, 0.15) is 25.7 Å². The summed E-state index contributed by atoms with van der Waals surface area (Å²) in [5.74, 6) is 0.277. The fourth-order valence-corrected chi connectivity index (χ4v) is 2.99. The lowest BCUT2D eigenvalue weighted by molar-refractivity contribution is -0.139. The molecule has 114 valence electrons. The zero-order valence-electron chi connectivity index (χ0n) is 11.6. The maximum atomic E-state index is 11.9. The van der Waals surface area contributed by atoms with Crippen molar-refractivity contribution in [1.29, 1.82) is 0 Å². The van der Waals surface area contributed by atoms with E-state index in [-0.39, 0.29) is 12.1 Å². The van der Waals surface area contributed by atoms with Gasteiger partial charge >= 0.3 is 12.0 Å². The molecule has 0 aromatic heterocycles. The van der Waals surface area contributed by atoms with Crippen molar-refractivity contribution in [2.75, 3.05) is 18.6 Å². The molecule has 1 saturated carbocycles. The molecule has 1 aliphatic carbocycles. The molecule has 0 bridgehead atoms. The van der Waals surface area contributed by atoms with Gasteiger partial charge in [0.05, 0.1) is 12.1 Å². The topological polar surface area (TPSA) is 87.7 Å². The normalized spacial score (nSPS) is 27.1. The van der Waals surface area contributed by atoms with Crippen molar-refractivity contribution in [3.05, 3.63) is 0 Å². The monoisotopic (exact) mass is 302 g/mol. The molecule has 6 nitrogen and oxygen atoms in total. The van der Waals surface area contributed by atoms with Crippen LogP contribution in [0.5, 0.6) is 0 Å². The van der Waals surface area contributed by atoms with Crippen LogP contribution in [0, 0.1) is 5.92 Å². The van der Waals surface area contributed by atoms with Crippen molar-refractivity contribution in [3.63, 3.8) is 0 Å². The summed E-state index contributed by atoms with van der Waals surface area (Å²) in [6.45, 7) is 0.668. The molecule has 3 N–H and O–H groups in total. The summed E-state index contributed by atoms with van der Waals surface area (Å²) < 4.78 is 5.65. The Morgan fingerprint density at radius 1 is 1.40 bits per heavy atom. The summed E-state index contributed by atoms with van der Waals surface area (Å²) >= 11 is 1.56. The van der Waals surface area contributed by atoms with Crippen molar-refractivity contribution in [2.45, 2.75) is 43.9 Å². The first-order chi connectivity index (χ1) is 9.61. The molecular formula is C13H22N2O4S. The van der Waals surface area contributed by atoms with E-state index in [4.69, 9.17) is 9.84 Å². The zero-order valence-corrected chi connectivity index (χ0v) is 12.4. The minimum absolute atomic E-state index is 0.0116. The summed E-state index contributed by atoms with van der Waals surface area (Å²) in [5, 5.41) is 14.5. The van der Waals surface area contributed by atoms with Crippen molar-refractivity contribution in [3.8, 4) is 0 Å². The Hall–Kier alpha value is -0.950. The van der Waals surface area contributed by atoms with Crippen LogP contribution in [0.15, 0.2) is 0 Å². The number of carbonyl (C=O) groups is 2. The van der Waals surface area contributed by atoms with Crippen LogP contribution in [-0.2, 0) is 9.53 Å². The molecule has 1 saturated heterocycles. The molecule has 3 atom stereocenters. The van der Waals surface area contributed by atoms with E-state index in [1.807, 2.05) is 6.26 Å². The summed E-state index contributed by atoms with van der Waals surface area (Å²) in [4.78, 5) is 23.0. The molecule has 2 fully saturated rings. The van der Waals surface area contributed by atoms with Gasteiger partial charge in [-0.05, 0) is 43.6 Å². The molecule has 1 heterocycles. The Bertz CT molecular complexity index is 362. The summed E-state index contributed by atoms with van der Waals surface area (Å²) in [7, 11) is 0. The lowest BCUT2D eigenvalue weighted by Gasteiger charge is -2.21. The average Bonchev–Trinajstić information content (AvgIpc) is 3.15. The predicted octanol–water partition coefficient (Wildman–Crippen LogP) is 1.06. The van der Waals surface area contributed by atoms with Crippen molar-refractivity contribution < 1.29 is 19.4 Å². The SMILES string of the molecule is CSCC[C@@H](NC(=O)NC1CCOC1C1CC1)C(=O)O. The number of thioether (sulfide) groups is 1. The predicted molar refractivity (Wildman–Crippen MR) is 77.0 cm³/mol. The Balaban J connectivity index is 1.79. The van der Waals surface area contributed by atoms with Gasteiger partial charge in [-0.3, -0.25) is 0 Å². The molecule has 20 heavy (non-hydrogen) atoms. The Labute approximate surface area is 123 Å². The van der Waals surface area contributed by atoms with Crippen LogP contribution < -0.4 is 10.6 Å². The van der Waals surface area contributed by atoms with Crippen molar-refractivity contribution in [1.82, 2.24) is 10.6 Å². The third-order valence-electron chi connectivity index (χ3n) is 3.75. The van der Waals surface area contributed by atoms with E-state index in [9.17, 15) is 9.59 Å². The second kappa shape index (κ2) is 7.17. The van der Waals surface area contributed by atoms with Crippen molar-refractivity contribution in [2.24, 2.45) is 5.92 Å². The number of hydrogen-bond donors (Lipinski definition) is 3. The van der Waals surface area contributed by atoms with Crippen molar-refractivity contribution >= 4 is 23.8 Å². The summed E-state index contributed by atoms with van der Waals surface area (Å²) in [5.41, 5.74) is 0. The van der Waals surface area contributed by atoms with Gasteiger partial charge in [-0.15, -0.1) is 0 Å². The van der Waals surface area contributed by atoms with E-state index in [2.05, 4.69) is 10.6 Å². The van der Waals surface area contributed by atoms with Gasteiger partial charge in [0.2, 0.25) is 0 Å². The number of hydrogen-bond acceptors (Lipinski definition) is 4. The van der Waals surface area contributed by atoms with E-state index in [0.717, 1.165) is 19.3 Å². The number of ether oxygens (including phenoxy) is 1. The van der Waals surface area contributed by atoms with E-state index < -0.39 is 18.0 Å². The standard InChI is InChI=1S/C13H22N2O4S/c1-20-7-5-10(12(16)17)15-13(18)14-9-4-6-19-11(9)8-2-3-8/h8-11H,2-7H2,1H3,(H,16,17)(H2,14,15,18)/t9?,10-,11?/m1/s1. The first-order valence-electron chi connectivity index (χ1n) is 7.02. The molecular weight excluding hydrogens is 280 g/mol. The summed E-state index contributed by atoms with van der Waals surface area (Å²) in [6, 6.07) is -1.22. The molecule has 0 radical (unpaired) electrons. The van der Waals surface area contributed by atoms with Gasteiger partial charge in [0.25, 0.3) is 0 Å². The number of nitrogens with one attached hydrogen (secondary N) is 2. The molecule has 2 amide bonds. The second-order valence-corrected chi connectivity index (χ2v) is 6.34. The number of carboxylic acids is 1. The van der Waals surface area contributed by atoms with Gasteiger partial charge in [0.1, 0.15) is 6.04 Å². The van der Waals surface area contributed by atoms with Gasteiger partial charge in [-0.1, -0.05) is 0 Å². The fraction of sp³-hybridized carbons (Fsp3) is 0.846. The van der Waals surface area contributed by atoms with E-state index >= 15 is 0 Å². The van der Waals surface area contributed by atoms with E-state index in [1.54, 1.807) is 11.8 Å². The lowest BCUT2D eigenvalue weighted by atomic mass is 10.1. The van der Waals surface area contributed by atoms with Gasteiger partial charge in [0, 0.05) is 6.61 Å². The van der Waals surface area contributed by atoms with Crippen LogP contribution in [0.3, 0.4) is 0 Å². The highest BCUT2D eigenvalue weighted by Crippen LogP contribution is 2.38. The Kier molecular flexibility index (Phi) is 5.54. The number of amides is 2. The largest absolute Gasteiger partial charge is 0.480 e. The van der Waals surface area contributed by atoms with E-state index in [0.29, 0.717) is 24.7 Å². The first kappa shape index (κ1) is 15.4. The highest BCUT2D eigenvalue weighted by molar-refractivity contribution is 7.98. The quantitative estimate of drug-likeness (QED) is 0.654. The maximum Gasteiger partial charge on any atom is 0.326 e. The molecule has 7 heteroatoms. The lowest BCUT2D eigenvalue weighted by Crippen LogP contribution is -2.51. The molecule has 0 aromatic rings. The molecule has 2 rings (SSSR count). The Morgan fingerprint density at radius 2 is 2.15 bits per heavy atom. The molecule has 2 unspecified atom stereocenters. The fourth-order valence-electron chi connectivity index (χ4n) is 2.52. The minimum atomic E-state index is -0.990. The number of aliphatic carboxylic acids is 1. The average molecular weight is 302 g/mol. The molecule has 2 aliphatic rings. The van der Waals surface area contributed by atoms with Gasteiger partial charge < -0.3 is 20.5 Å². The number of carbonyl (C=O) groups excluding carboxylic acids is 1. The van der Waals surface area contributed by atoms with Crippen LogP contribution in [0.4, 0.5) is 4.79 Å². The van der Waals surface area contributed by atoms with Gasteiger partial charge in [-0.2, -0.15) is 11.8 Å². The smallest absolute Gasteiger partial charge is 0.326 e. The first-order valence-corrected chi connectivity index (χ1v) is 8.41. The maximum absolute atomic E-state index is 11.9. The third kappa shape index (κ3) is 4.28. The number of carboxylic acid groups (broad SMARTS) is 1.